The summed E-state index contributed by atoms with van der Waals surface area (Å²) in [6.45, 7) is 9.37. The van der Waals surface area contributed by atoms with Crippen molar-refractivity contribution in [3.8, 4) is 22.3 Å². The largest absolute Gasteiger partial charge is 0.355 e. The van der Waals surface area contributed by atoms with Crippen LogP contribution in [-0.4, -0.2) is 0 Å². The van der Waals surface area contributed by atoms with E-state index in [4.69, 9.17) is 0 Å². The maximum absolute atomic E-state index is 3.64. The lowest BCUT2D eigenvalue weighted by atomic mass is 9.82. The van der Waals surface area contributed by atoms with Crippen LogP contribution in [0.1, 0.15) is 137 Å². The number of nitrogens with zero attached hydrogens (tertiary/aromatic N) is 1. The molecule has 0 radical (unpaired) electrons. The van der Waals surface area contributed by atoms with Gasteiger partial charge in [0.15, 0.2) is 0 Å². The molecular weight excluding hydrogens is 997 g/mol. The van der Waals surface area contributed by atoms with Crippen LogP contribution in [0, 0.1) is 0 Å². The lowest BCUT2D eigenvalue weighted by molar-refractivity contribution is 0.443. The lowest BCUT2D eigenvalue weighted by Crippen LogP contribution is -2.16. The fourth-order valence-electron chi connectivity index (χ4n) is 13.4. The second-order valence-electron chi connectivity index (χ2n) is 23.1. The predicted molar refractivity (Wildman–Crippen MR) is 333 cm³/mol. The molecule has 0 aromatic heterocycles. The van der Waals surface area contributed by atoms with Crippen LogP contribution in [0.3, 0.4) is 0 Å². The molecule has 10 aromatic carbocycles. The van der Waals surface area contributed by atoms with Crippen molar-refractivity contribution in [2.75, 3.05) is 10.2 Å². The van der Waals surface area contributed by atoms with Crippen LogP contribution in [0.2, 0.25) is 0 Å². The van der Waals surface area contributed by atoms with E-state index >= 15 is 0 Å². The number of halogens is 1. The van der Waals surface area contributed by atoms with Gasteiger partial charge in [-0.05, 0) is 165 Å². The molecule has 2 saturated carbocycles. The van der Waals surface area contributed by atoms with Gasteiger partial charge in [0.2, 0.25) is 0 Å². The normalized spacial score (nSPS) is 16.0. The number of benzene rings is 10. The van der Waals surface area contributed by atoms with Gasteiger partial charge in [-0.1, -0.05) is 240 Å². The molecule has 2 nitrogen and oxygen atoms in total. The van der Waals surface area contributed by atoms with Gasteiger partial charge in [0, 0.05) is 48.8 Å². The van der Waals surface area contributed by atoms with Crippen LogP contribution in [0.4, 0.5) is 28.4 Å². The lowest BCUT2D eigenvalue weighted by Gasteiger charge is -2.29. The van der Waals surface area contributed by atoms with E-state index < -0.39 is 0 Å². The van der Waals surface area contributed by atoms with Gasteiger partial charge in [0.05, 0.1) is 5.69 Å². The first-order valence-electron chi connectivity index (χ1n) is 28.5. The average molecular weight is 1070 g/mol. The van der Waals surface area contributed by atoms with Gasteiger partial charge in [-0.25, -0.2) is 0 Å². The summed E-state index contributed by atoms with van der Waals surface area (Å²) in [6, 6.07) is 80.2. The van der Waals surface area contributed by atoms with E-state index in [1.807, 2.05) is 0 Å². The zero-order valence-corrected chi connectivity index (χ0v) is 46.9. The molecule has 384 valence electrons. The Morgan fingerprint density at radius 1 is 0.390 bits per heavy atom. The van der Waals surface area contributed by atoms with Crippen molar-refractivity contribution in [3.63, 3.8) is 0 Å². The molecule has 0 amide bonds. The third kappa shape index (κ3) is 10.0. The molecule has 2 fully saturated rings. The summed E-state index contributed by atoms with van der Waals surface area (Å²) in [5.74, 6) is 1.55. The highest BCUT2D eigenvalue weighted by molar-refractivity contribution is 9.10. The Kier molecular flexibility index (Phi) is 14.2. The van der Waals surface area contributed by atoms with Crippen LogP contribution in [0.15, 0.2) is 223 Å². The van der Waals surface area contributed by atoms with E-state index in [0.717, 1.165) is 17.3 Å². The summed E-state index contributed by atoms with van der Waals surface area (Å²) in [5.41, 5.74) is 20.0. The molecule has 14 rings (SSSR count). The van der Waals surface area contributed by atoms with Crippen molar-refractivity contribution in [3.05, 3.63) is 256 Å². The monoisotopic (exact) mass is 1070 g/mol. The quantitative estimate of drug-likeness (QED) is 0.171. The highest BCUT2D eigenvalue weighted by atomic mass is 79.9. The molecule has 3 heteroatoms. The smallest absolute Gasteiger partial charge is 0.0540 e. The number of nitrogens with one attached hydrogen (secondary N) is 1. The number of rotatable bonds is 7. The molecule has 1 N–H and O–H groups in total. The van der Waals surface area contributed by atoms with Crippen molar-refractivity contribution in [1.82, 2.24) is 0 Å². The minimum Gasteiger partial charge on any atom is -0.355 e. The zero-order chi connectivity index (χ0) is 52.5. The highest BCUT2D eigenvalue weighted by Gasteiger charge is 2.37. The van der Waals surface area contributed by atoms with Crippen LogP contribution < -0.4 is 10.2 Å². The summed E-state index contributed by atoms with van der Waals surface area (Å²) in [7, 11) is 0. The predicted octanol–water partition coefficient (Wildman–Crippen LogP) is 22.1. The Morgan fingerprint density at radius 2 is 0.844 bits per heavy atom. The SMILES string of the molecule is Brc1ccc(C2CCCCC2)cc1.CC1(C)c2ccccc2-c2ccc(N(c3ccc(C4CCCCC4)cc3)c3cccc4ccccc34)cc21.CC1(C)c2ccccc2-c2ccc(Nc3cccc4ccccc34)cc21. The van der Waals surface area contributed by atoms with E-state index in [1.165, 1.54) is 163 Å². The molecule has 77 heavy (non-hydrogen) atoms. The molecule has 4 aliphatic carbocycles. The van der Waals surface area contributed by atoms with Crippen molar-refractivity contribution in [2.45, 2.75) is 115 Å². The third-order valence-corrected chi connectivity index (χ3v) is 18.2. The van der Waals surface area contributed by atoms with Gasteiger partial charge in [-0.15, -0.1) is 0 Å². The first-order valence-corrected chi connectivity index (χ1v) is 29.3. The van der Waals surface area contributed by atoms with Gasteiger partial charge in [-0.3, -0.25) is 0 Å². The van der Waals surface area contributed by atoms with E-state index in [-0.39, 0.29) is 10.8 Å². The zero-order valence-electron chi connectivity index (χ0n) is 45.3. The molecule has 0 spiro atoms. The first-order chi connectivity index (χ1) is 37.6. The maximum Gasteiger partial charge on any atom is 0.0540 e. The van der Waals surface area contributed by atoms with Crippen molar-refractivity contribution in [1.29, 1.82) is 0 Å². The summed E-state index contributed by atoms with van der Waals surface area (Å²) in [4.78, 5) is 2.46. The van der Waals surface area contributed by atoms with Crippen LogP contribution >= 0.6 is 15.9 Å². The van der Waals surface area contributed by atoms with Gasteiger partial charge in [0.25, 0.3) is 0 Å². The van der Waals surface area contributed by atoms with E-state index in [9.17, 15) is 0 Å². The summed E-state index contributed by atoms with van der Waals surface area (Å²) >= 11 is 3.47. The molecule has 0 unspecified atom stereocenters. The Balaban J connectivity index is 0.000000131. The second kappa shape index (κ2) is 21.7. The van der Waals surface area contributed by atoms with Crippen LogP contribution in [-0.2, 0) is 10.8 Å². The molecular formula is C74H71BrN2. The average Bonchev–Trinajstić information content (AvgIpc) is 4.02. The Hall–Kier alpha value is -7.20. The standard InChI is InChI=1S/C37H35N.C25H21N.C12H15Br/c1-37(2)34-17-9-8-16-32(34)33-24-23-30(25-35(33)37)38(36-18-10-14-28-13-6-7-15-31(28)36)29-21-19-27(20-22-29)26-11-4-3-5-12-26;1-25(2)22-12-6-5-11-20(22)21-15-14-18(16-23(21)25)26-24-13-7-9-17-8-3-4-10-19(17)24;13-12-8-6-11(7-9-12)10-4-2-1-3-5-10/h6-10,13-26H,3-5,11-12H2,1-2H3;3-16,26H,1-2H3;6-10H,1-5H2. The maximum atomic E-state index is 3.64. The van der Waals surface area contributed by atoms with Crippen molar-refractivity contribution >= 4 is 65.9 Å². The summed E-state index contributed by atoms with van der Waals surface area (Å²) in [6.07, 6.45) is 13.8. The first kappa shape index (κ1) is 50.6. The summed E-state index contributed by atoms with van der Waals surface area (Å²) in [5, 5.41) is 8.68. The Labute approximate surface area is 466 Å². The van der Waals surface area contributed by atoms with Gasteiger partial charge >= 0.3 is 0 Å². The molecule has 0 aliphatic heterocycles. The van der Waals surface area contributed by atoms with Gasteiger partial charge in [-0.2, -0.15) is 0 Å². The minimum absolute atomic E-state index is 0.0301. The fourth-order valence-corrected chi connectivity index (χ4v) is 13.7. The van der Waals surface area contributed by atoms with Crippen LogP contribution in [0.25, 0.3) is 43.8 Å². The van der Waals surface area contributed by atoms with Gasteiger partial charge in [0.1, 0.15) is 0 Å². The number of hydrogen-bond acceptors (Lipinski definition) is 2. The minimum atomic E-state index is -0.0306. The number of fused-ring (bicyclic) bond motifs is 8. The molecule has 10 aromatic rings. The number of anilines is 5. The molecule has 4 aliphatic rings. The second-order valence-corrected chi connectivity index (χ2v) is 24.0. The topological polar surface area (TPSA) is 15.3 Å². The Bertz CT molecular complexity index is 3690. The molecule has 0 bridgehead atoms. The molecule has 0 atom stereocenters. The van der Waals surface area contributed by atoms with E-state index in [2.05, 4.69) is 272 Å². The molecule has 0 heterocycles. The third-order valence-electron chi connectivity index (χ3n) is 17.7. The van der Waals surface area contributed by atoms with E-state index in [0.29, 0.717) is 5.92 Å². The number of hydrogen-bond donors (Lipinski definition) is 1. The highest BCUT2D eigenvalue weighted by Crippen LogP contribution is 2.52. The van der Waals surface area contributed by atoms with E-state index in [1.54, 1.807) is 0 Å². The Morgan fingerprint density at radius 3 is 1.45 bits per heavy atom. The van der Waals surface area contributed by atoms with Crippen molar-refractivity contribution in [2.24, 2.45) is 0 Å². The van der Waals surface area contributed by atoms with Crippen LogP contribution in [0.5, 0.6) is 0 Å². The fraction of sp³-hybridized carbons (Fsp3) is 0.243. The molecule has 0 saturated heterocycles. The van der Waals surface area contributed by atoms with Crippen molar-refractivity contribution < 1.29 is 0 Å². The van der Waals surface area contributed by atoms with Gasteiger partial charge < -0.3 is 10.2 Å². The summed E-state index contributed by atoms with van der Waals surface area (Å²) < 4.78 is 1.19.